The van der Waals surface area contributed by atoms with Crippen molar-refractivity contribution >= 4 is 56.8 Å². The minimum absolute atomic E-state index is 0.422. The zero-order valence-electron chi connectivity index (χ0n) is 13.4. The molecule has 1 aromatic heterocycles. The second kappa shape index (κ2) is 6.56. The highest BCUT2D eigenvalue weighted by molar-refractivity contribution is 6.35. The standard InChI is InChI=1S/C20H13Cl2NO3/c21-11-8-12(22)10-13(9-11)23-18(20(24)25)16-6-3-5-15-14-4-1-2-7-17(14)26-19(15)16/h1-10,18,23H,(H,24,25). The minimum Gasteiger partial charge on any atom is -0.479 e. The molecule has 0 saturated carbocycles. The fourth-order valence-corrected chi connectivity index (χ4v) is 3.60. The summed E-state index contributed by atoms with van der Waals surface area (Å²) < 4.78 is 5.94. The Morgan fingerprint density at radius 1 is 0.962 bits per heavy atom. The Hall–Kier alpha value is -2.69. The van der Waals surface area contributed by atoms with E-state index in [0.717, 1.165) is 10.8 Å². The number of halogens is 2. The molecule has 1 atom stereocenters. The third-order valence-electron chi connectivity index (χ3n) is 4.17. The van der Waals surface area contributed by atoms with Crippen LogP contribution < -0.4 is 5.32 Å². The molecule has 2 N–H and O–H groups in total. The van der Waals surface area contributed by atoms with Crippen LogP contribution in [0.15, 0.2) is 65.1 Å². The van der Waals surface area contributed by atoms with Crippen molar-refractivity contribution < 1.29 is 14.3 Å². The molecule has 1 heterocycles. The van der Waals surface area contributed by atoms with Gasteiger partial charge in [0.05, 0.1) is 0 Å². The highest BCUT2D eigenvalue weighted by atomic mass is 35.5. The molecule has 0 aliphatic heterocycles. The van der Waals surface area contributed by atoms with Gasteiger partial charge in [0.2, 0.25) is 0 Å². The Bertz CT molecular complexity index is 1120. The summed E-state index contributed by atoms with van der Waals surface area (Å²) in [5.41, 5.74) is 2.30. The number of carboxylic acids is 1. The van der Waals surface area contributed by atoms with Crippen LogP contribution in [0.25, 0.3) is 21.9 Å². The maximum atomic E-state index is 12.0. The average molecular weight is 386 g/mol. The second-order valence-corrected chi connectivity index (χ2v) is 6.77. The van der Waals surface area contributed by atoms with Crippen molar-refractivity contribution in [2.24, 2.45) is 0 Å². The molecule has 0 saturated heterocycles. The molecule has 4 aromatic rings. The lowest BCUT2D eigenvalue weighted by molar-refractivity contribution is -0.138. The Balaban J connectivity index is 1.85. The van der Waals surface area contributed by atoms with E-state index >= 15 is 0 Å². The highest BCUT2D eigenvalue weighted by Gasteiger charge is 2.24. The molecule has 4 rings (SSSR count). The largest absolute Gasteiger partial charge is 0.479 e. The quantitative estimate of drug-likeness (QED) is 0.443. The zero-order chi connectivity index (χ0) is 18.3. The van der Waals surface area contributed by atoms with Gasteiger partial charge < -0.3 is 14.8 Å². The molecular weight excluding hydrogens is 373 g/mol. The summed E-state index contributed by atoms with van der Waals surface area (Å²) in [4.78, 5) is 12.0. The van der Waals surface area contributed by atoms with Crippen LogP contribution in [0.5, 0.6) is 0 Å². The average Bonchev–Trinajstić information content (AvgIpc) is 2.97. The van der Waals surface area contributed by atoms with Gasteiger partial charge in [0.25, 0.3) is 0 Å². The number of carbonyl (C=O) groups is 1. The van der Waals surface area contributed by atoms with E-state index in [1.54, 1.807) is 24.3 Å². The summed E-state index contributed by atoms with van der Waals surface area (Å²) >= 11 is 12.0. The van der Waals surface area contributed by atoms with E-state index < -0.39 is 12.0 Å². The van der Waals surface area contributed by atoms with Gasteiger partial charge in [0.1, 0.15) is 11.2 Å². The number of nitrogens with one attached hydrogen (secondary N) is 1. The maximum Gasteiger partial charge on any atom is 0.330 e. The van der Waals surface area contributed by atoms with Crippen LogP contribution in [-0.2, 0) is 4.79 Å². The second-order valence-electron chi connectivity index (χ2n) is 5.90. The first-order valence-corrected chi connectivity index (χ1v) is 8.64. The van der Waals surface area contributed by atoms with Crippen LogP contribution in [0, 0.1) is 0 Å². The predicted molar refractivity (Wildman–Crippen MR) is 104 cm³/mol. The van der Waals surface area contributed by atoms with Crippen molar-refractivity contribution in [2.75, 3.05) is 5.32 Å². The number of hydrogen-bond donors (Lipinski definition) is 2. The Labute approximate surface area is 158 Å². The monoisotopic (exact) mass is 385 g/mol. The molecule has 130 valence electrons. The van der Waals surface area contributed by atoms with Gasteiger partial charge in [-0.2, -0.15) is 0 Å². The van der Waals surface area contributed by atoms with E-state index in [0.29, 0.717) is 32.5 Å². The number of rotatable bonds is 4. The summed E-state index contributed by atoms with van der Waals surface area (Å²) in [5, 5.41) is 15.4. The van der Waals surface area contributed by atoms with Gasteiger partial charge in [0.15, 0.2) is 6.04 Å². The van der Waals surface area contributed by atoms with E-state index in [2.05, 4.69) is 5.32 Å². The lowest BCUT2D eigenvalue weighted by Gasteiger charge is -2.17. The SMILES string of the molecule is O=C(O)C(Nc1cc(Cl)cc(Cl)c1)c1cccc2c1oc1ccccc12. The van der Waals surface area contributed by atoms with Crippen molar-refractivity contribution in [3.63, 3.8) is 0 Å². The molecule has 0 spiro atoms. The molecular formula is C20H13Cl2NO3. The zero-order valence-corrected chi connectivity index (χ0v) is 14.9. The van der Waals surface area contributed by atoms with Gasteiger partial charge >= 0.3 is 5.97 Å². The topological polar surface area (TPSA) is 62.5 Å². The van der Waals surface area contributed by atoms with Crippen LogP contribution in [0.3, 0.4) is 0 Å². The summed E-state index contributed by atoms with van der Waals surface area (Å²) in [7, 11) is 0. The van der Waals surface area contributed by atoms with Gasteiger partial charge in [0, 0.05) is 32.1 Å². The summed E-state index contributed by atoms with van der Waals surface area (Å²) in [6.07, 6.45) is 0. The first kappa shape index (κ1) is 16.8. The lowest BCUT2D eigenvalue weighted by Crippen LogP contribution is -2.20. The first-order chi connectivity index (χ1) is 12.5. The molecule has 0 fully saturated rings. The van der Waals surface area contributed by atoms with Crippen LogP contribution in [-0.4, -0.2) is 11.1 Å². The molecule has 0 aliphatic carbocycles. The van der Waals surface area contributed by atoms with E-state index in [-0.39, 0.29) is 0 Å². The molecule has 4 nitrogen and oxygen atoms in total. The Kier molecular flexibility index (Phi) is 4.23. The van der Waals surface area contributed by atoms with Crippen molar-refractivity contribution in [3.8, 4) is 0 Å². The Morgan fingerprint density at radius 2 is 1.65 bits per heavy atom. The van der Waals surface area contributed by atoms with E-state index in [9.17, 15) is 9.90 Å². The molecule has 0 radical (unpaired) electrons. The van der Waals surface area contributed by atoms with Crippen LogP contribution in [0.4, 0.5) is 5.69 Å². The van der Waals surface area contributed by atoms with Gasteiger partial charge in [-0.05, 0) is 24.3 Å². The number of carboxylic acid groups (broad SMARTS) is 1. The highest BCUT2D eigenvalue weighted by Crippen LogP contribution is 2.35. The van der Waals surface area contributed by atoms with Gasteiger partial charge in [-0.1, -0.05) is 59.6 Å². The molecule has 6 heteroatoms. The summed E-state index contributed by atoms with van der Waals surface area (Å²) in [5.74, 6) is -1.03. The summed E-state index contributed by atoms with van der Waals surface area (Å²) in [6, 6.07) is 16.9. The number of benzene rings is 3. The predicted octanol–water partition coefficient (Wildman–Crippen LogP) is 6.13. The third-order valence-corrected chi connectivity index (χ3v) is 4.60. The molecule has 3 aromatic carbocycles. The number of furan rings is 1. The molecule has 26 heavy (non-hydrogen) atoms. The van der Waals surface area contributed by atoms with Crippen molar-refractivity contribution in [2.45, 2.75) is 6.04 Å². The fraction of sp³-hybridized carbons (Fsp3) is 0.0500. The van der Waals surface area contributed by atoms with Crippen LogP contribution in [0.2, 0.25) is 10.0 Å². The van der Waals surface area contributed by atoms with E-state index in [4.69, 9.17) is 27.6 Å². The van der Waals surface area contributed by atoms with Gasteiger partial charge in [-0.25, -0.2) is 4.79 Å². The third kappa shape index (κ3) is 2.98. The van der Waals surface area contributed by atoms with E-state index in [1.165, 1.54) is 0 Å². The fourth-order valence-electron chi connectivity index (χ4n) is 3.07. The molecule has 0 amide bonds. The van der Waals surface area contributed by atoms with Gasteiger partial charge in [-0.3, -0.25) is 0 Å². The number of fused-ring (bicyclic) bond motifs is 3. The Morgan fingerprint density at radius 3 is 2.38 bits per heavy atom. The smallest absolute Gasteiger partial charge is 0.330 e. The number of anilines is 1. The lowest BCUT2D eigenvalue weighted by atomic mass is 10.0. The maximum absolute atomic E-state index is 12.0. The van der Waals surface area contributed by atoms with E-state index in [1.807, 2.05) is 36.4 Å². The normalized spacial score (nSPS) is 12.4. The molecule has 1 unspecified atom stereocenters. The van der Waals surface area contributed by atoms with Crippen LogP contribution in [0.1, 0.15) is 11.6 Å². The number of hydrogen-bond acceptors (Lipinski definition) is 3. The van der Waals surface area contributed by atoms with Gasteiger partial charge in [-0.15, -0.1) is 0 Å². The van der Waals surface area contributed by atoms with Crippen LogP contribution >= 0.6 is 23.2 Å². The first-order valence-electron chi connectivity index (χ1n) is 7.88. The number of aliphatic carboxylic acids is 1. The summed E-state index contributed by atoms with van der Waals surface area (Å²) in [6.45, 7) is 0. The minimum atomic E-state index is -1.03. The molecule has 0 bridgehead atoms. The van der Waals surface area contributed by atoms with Crippen molar-refractivity contribution in [1.29, 1.82) is 0 Å². The van der Waals surface area contributed by atoms with Crippen molar-refractivity contribution in [3.05, 3.63) is 76.3 Å². The van der Waals surface area contributed by atoms with Crippen molar-refractivity contribution in [1.82, 2.24) is 0 Å². The molecule has 0 aliphatic rings. The number of para-hydroxylation sites is 2.